The number of nitrogens with one attached hydrogen (secondary N) is 2. The molecule has 3 N–H and O–H groups in total. The monoisotopic (exact) mass is 332 g/mol. The summed E-state index contributed by atoms with van der Waals surface area (Å²) < 4.78 is 5.69. The zero-order valence-corrected chi connectivity index (χ0v) is 13.3. The first-order valence-electron chi connectivity index (χ1n) is 8.04. The third-order valence-corrected chi connectivity index (χ3v) is 4.58. The highest BCUT2D eigenvalue weighted by atomic mass is 16.5. The van der Waals surface area contributed by atoms with E-state index in [1.807, 2.05) is 0 Å². The van der Waals surface area contributed by atoms with E-state index in [4.69, 9.17) is 9.84 Å². The lowest BCUT2D eigenvalue weighted by Gasteiger charge is -2.18. The van der Waals surface area contributed by atoms with Crippen molar-refractivity contribution in [3.63, 3.8) is 0 Å². The van der Waals surface area contributed by atoms with Crippen LogP contribution in [0.2, 0.25) is 0 Å². The smallest absolute Gasteiger partial charge is 0.325 e. The molecule has 7 heteroatoms. The second-order valence-corrected chi connectivity index (χ2v) is 6.32. The Kier molecular flexibility index (Phi) is 4.53. The molecular formula is C17H20N2O5. The van der Waals surface area contributed by atoms with Crippen LogP contribution in [-0.2, 0) is 14.3 Å². The molecule has 0 radical (unpaired) electrons. The summed E-state index contributed by atoms with van der Waals surface area (Å²) in [7, 11) is 0. The number of carbonyl (C=O) groups excluding carboxylic acids is 2. The molecule has 7 nitrogen and oxygen atoms in total. The number of benzene rings is 1. The van der Waals surface area contributed by atoms with Crippen LogP contribution in [0.4, 0.5) is 5.69 Å². The van der Waals surface area contributed by atoms with Gasteiger partial charge in [0, 0.05) is 11.3 Å². The maximum absolute atomic E-state index is 12.3. The van der Waals surface area contributed by atoms with Gasteiger partial charge in [-0.15, -0.1) is 0 Å². The second kappa shape index (κ2) is 6.60. The maximum atomic E-state index is 12.3. The summed E-state index contributed by atoms with van der Waals surface area (Å²) >= 11 is 0. The minimum absolute atomic E-state index is 0.0255. The van der Waals surface area contributed by atoms with Crippen LogP contribution in [0.15, 0.2) is 24.3 Å². The number of aliphatic carboxylic acids is 1. The van der Waals surface area contributed by atoms with Gasteiger partial charge in [-0.1, -0.05) is 0 Å². The third-order valence-electron chi connectivity index (χ3n) is 4.58. The van der Waals surface area contributed by atoms with Crippen LogP contribution in [0.25, 0.3) is 0 Å². The largest absolute Gasteiger partial charge is 0.480 e. The van der Waals surface area contributed by atoms with Crippen molar-refractivity contribution in [2.75, 3.05) is 5.32 Å². The highest BCUT2D eigenvalue weighted by Crippen LogP contribution is 2.39. The SMILES string of the molecule is C[C@@H](NC(=O)c1ccc(NC(=O)[C@@H]2C[C@H]3CC[C@H]2O3)cc1)C(=O)O. The van der Waals surface area contributed by atoms with Gasteiger partial charge in [-0.05, 0) is 50.5 Å². The van der Waals surface area contributed by atoms with E-state index in [0.717, 1.165) is 19.3 Å². The lowest BCUT2D eigenvalue weighted by molar-refractivity contribution is -0.138. The van der Waals surface area contributed by atoms with Crippen molar-refractivity contribution >= 4 is 23.5 Å². The van der Waals surface area contributed by atoms with E-state index in [9.17, 15) is 14.4 Å². The van der Waals surface area contributed by atoms with Gasteiger partial charge in [-0.2, -0.15) is 0 Å². The zero-order valence-electron chi connectivity index (χ0n) is 13.3. The van der Waals surface area contributed by atoms with Gasteiger partial charge < -0.3 is 20.5 Å². The number of hydrogen-bond donors (Lipinski definition) is 3. The molecule has 2 aliphatic rings. The number of carbonyl (C=O) groups is 3. The summed E-state index contributed by atoms with van der Waals surface area (Å²) in [6, 6.07) is 5.40. The van der Waals surface area contributed by atoms with Crippen LogP contribution in [0.1, 0.15) is 36.5 Å². The molecule has 4 atom stereocenters. The summed E-state index contributed by atoms with van der Waals surface area (Å²) in [5, 5.41) is 14.0. The number of anilines is 1. The molecule has 128 valence electrons. The second-order valence-electron chi connectivity index (χ2n) is 6.32. The summed E-state index contributed by atoms with van der Waals surface area (Å²) in [6.07, 6.45) is 2.98. The molecule has 0 saturated carbocycles. The van der Waals surface area contributed by atoms with Crippen molar-refractivity contribution in [1.82, 2.24) is 5.32 Å². The standard InChI is InChI=1S/C17H20N2O5/c1-9(17(22)23)18-15(20)10-2-4-11(5-3-10)19-16(21)13-8-12-6-7-14(13)24-12/h2-5,9,12-14H,6-8H2,1H3,(H,18,20)(H,19,21)(H,22,23)/t9-,12-,13-,14-/m1/s1. The fourth-order valence-corrected chi connectivity index (χ4v) is 3.20. The molecule has 24 heavy (non-hydrogen) atoms. The summed E-state index contributed by atoms with van der Waals surface area (Å²) in [5.74, 6) is -1.73. The quantitative estimate of drug-likeness (QED) is 0.756. The Morgan fingerprint density at radius 1 is 1.21 bits per heavy atom. The van der Waals surface area contributed by atoms with E-state index in [1.165, 1.54) is 6.92 Å². The van der Waals surface area contributed by atoms with E-state index in [2.05, 4.69) is 10.6 Å². The lowest BCUT2D eigenvalue weighted by atomic mass is 9.88. The zero-order chi connectivity index (χ0) is 17.3. The van der Waals surface area contributed by atoms with E-state index in [-0.39, 0.29) is 24.0 Å². The average Bonchev–Trinajstić information content (AvgIpc) is 3.18. The Hall–Kier alpha value is -2.41. The molecule has 2 bridgehead atoms. The minimum atomic E-state index is -1.10. The van der Waals surface area contributed by atoms with Crippen LogP contribution < -0.4 is 10.6 Å². The molecule has 0 aromatic heterocycles. The summed E-state index contributed by atoms with van der Waals surface area (Å²) in [4.78, 5) is 35.0. The number of carboxylic acids is 1. The number of fused-ring (bicyclic) bond motifs is 2. The molecule has 2 fully saturated rings. The Morgan fingerprint density at radius 3 is 2.46 bits per heavy atom. The van der Waals surface area contributed by atoms with E-state index in [1.54, 1.807) is 24.3 Å². The summed E-state index contributed by atoms with van der Waals surface area (Å²) in [6.45, 7) is 1.40. The predicted molar refractivity (Wildman–Crippen MR) is 85.6 cm³/mol. The predicted octanol–water partition coefficient (Wildman–Crippen LogP) is 1.40. The van der Waals surface area contributed by atoms with Gasteiger partial charge in [-0.3, -0.25) is 14.4 Å². The molecule has 1 aromatic rings. The van der Waals surface area contributed by atoms with Crippen LogP contribution in [0.5, 0.6) is 0 Å². The van der Waals surface area contributed by atoms with Gasteiger partial charge in [0.25, 0.3) is 5.91 Å². The molecule has 2 amide bonds. The molecule has 1 aromatic carbocycles. The number of ether oxygens (including phenoxy) is 1. The molecule has 0 unspecified atom stereocenters. The summed E-state index contributed by atoms with van der Waals surface area (Å²) in [5.41, 5.74) is 0.940. The van der Waals surface area contributed by atoms with Gasteiger partial charge in [0.1, 0.15) is 6.04 Å². The van der Waals surface area contributed by atoms with E-state index in [0.29, 0.717) is 11.3 Å². The first-order chi connectivity index (χ1) is 11.4. The fourth-order valence-electron chi connectivity index (χ4n) is 3.20. The Labute approximate surface area is 139 Å². The van der Waals surface area contributed by atoms with Crippen molar-refractivity contribution in [3.8, 4) is 0 Å². The Bertz CT molecular complexity index is 657. The van der Waals surface area contributed by atoms with Gasteiger partial charge in [0.2, 0.25) is 5.91 Å². The topological polar surface area (TPSA) is 105 Å². The van der Waals surface area contributed by atoms with E-state index >= 15 is 0 Å². The normalized spacial score (nSPS) is 26.0. The minimum Gasteiger partial charge on any atom is -0.480 e. The number of amides is 2. The van der Waals surface area contributed by atoms with Crippen LogP contribution in [-0.4, -0.2) is 41.1 Å². The molecule has 2 aliphatic heterocycles. The van der Waals surface area contributed by atoms with Gasteiger partial charge in [-0.25, -0.2) is 0 Å². The first kappa shape index (κ1) is 16.4. The molecule has 2 heterocycles. The van der Waals surface area contributed by atoms with Gasteiger partial charge in [0.05, 0.1) is 18.1 Å². The fraction of sp³-hybridized carbons (Fsp3) is 0.471. The highest BCUT2D eigenvalue weighted by Gasteiger charge is 2.44. The maximum Gasteiger partial charge on any atom is 0.325 e. The van der Waals surface area contributed by atoms with Crippen molar-refractivity contribution in [2.45, 2.75) is 44.4 Å². The van der Waals surface area contributed by atoms with Crippen LogP contribution >= 0.6 is 0 Å². The first-order valence-corrected chi connectivity index (χ1v) is 8.04. The van der Waals surface area contributed by atoms with Gasteiger partial charge >= 0.3 is 5.97 Å². The number of hydrogen-bond acceptors (Lipinski definition) is 4. The number of rotatable bonds is 5. The highest BCUT2D eigenvalue weighted by molar-refractivity contribution is 5.98. The average molecular weight is 332 g/mol. The molecular weight excluding hydrogens is 312 g/mol. The van der Waals surface area contributed by atoms with Crippen molar-refractivity contribution < 1.29 is 24.2 Å². The number of carboxylic acid groups (broad SMARTS) is 1. The Morgan fingerprint density at radius 2 is 1.92 bits per heavy atom. The van der Waals surface area contributed by atoms with E-state index < -0.39 is 17.9 Å². The molecule has 2 saturated heterocycles. The van der Waals surface area contributed by atoms with Gasteiger partial charge in [0.15, 0.2) is 0 Å². The Balaban J connectivity index is 1.57. The van der Waals surface area contributed by atoms with Crippen molar-refractivity contribution in [1.29, 1.82) is 0 Å². The lowest BCUT2D eigenvalue weighted by Crippen LogP contribution is -2.38. The molecule has 3 rings (SSSR count). The van der Waals surface area contributed by atoms with Crippen molar-refractivity contribution in [2.24, 2.45) is 5.92 Å². The third kappa shape index (κ3) is 3.41. The molecule has 0 spiro atoms. The van der Waals surface area contributed by atoms with Crippen molar-refractivity contribution in [3.05, 3.63) is 29.8 Å². The molecule has 0 aliphatic carbocycles. The van der Waals surface area contributed by atoms with Crippen LogP contribution in [0, 0.1) is 5.92 Å². The van der Waals surface area contributed by atoms with Crippen LogP contribution in [0.3, 0.4) is 0 Å².